The van der Waals surface area contributed by atoms with Gasteiger partial charge in [0.15, 0.2) is 0 Å². The maximum Gasteiger partial charge on any atom is 0.227 e. The van der Waals surface area contributed by atoms with Crippen LogP contribution in [0.3, 0.4) is 0 Å². The highest BCUT2D eigenvalue weighted by Crippen LogP contribution is 2.09. The van der Waals surface area contributed by atoms with Crippen LogP contribution in [0.5, 0.6) is 0 Å². The number of carbonyl (C=O) groups excluding carboxylic acids is 1. The van der Waals surface area contributed by atoms with Gasteiger partial charge in [-0.25, -0.2) is 0 Å². The summed E-state index contributed by atoms with van der Waals surface area (Å²) < 4.78 is 0. The molecule has 1 rings (SSSR count). The molecule has 0 spiro atoms. The molecule has 1 aromatic rings. The molecule has 0 aliphatic rings. The summed E-state index contributed by atoms with van der Waals surface area (Å²) >= 11 is 4.75. The second-order valence-corrected chi connectivity index (χ2v) is 3.95. The van der Waals surface area contributed by atoms with Gasteiger partial charge in [-0.05, 0) is 12.1 Å². The molecule has 0 saturated carbocycles. The second kappa shape index (κ2) is 5.46. The van der Waals surface area contributed by atoms with E-state index in [9.17, 15) is 4.79 Å². The van der Waals surface area contributed by atoms with Crippen molar-refractivity contribution in [3.05, 3.63) is 30.3 Å². The van der Waals surface area contributed by atoms with Gasteiger partial charge >= 0.3 is 0 Å². The SMILES string of the molecule is CC(CC(N)=S)C(=O)Nc1ccccc1. The van der Waals surface area contributed by atoms with Crippen molar-refractivity contribution in [1.82, 2.24) is 0 Å². The first kappa shape index (κ1) is 11.7. The van der Waals surface area contributed by atoms with Gasteiger partial charge in [0, 0.05) is 18.0 Å². The highest BCUT2D eigenvalue weighted by atomic mass is 32.1. The topological polar surface area (TPSA) is 55.1 Å². The van der Waals surface area contributed by atoms with E-state index < -0.39 is 0 Å². The smallest absolute Gasteiger partial charge is 0.227 e. The Labute approximate surface area is 94.7 Å². The van der Waals surface area contributed by atoms with Gasteiger partial charge in [-0.1, -0.05) is 37.3 Å². The lowest BCUT2D eigenvalue weighted by Gasteiger charge is -2.10. The average Bonchev–Trinajstić information content (AvgIpc) is 2.18. The van der Waals surface area contributed by atoms with E-state index in [0.29, 0.717) is 11.4 Å². The molecule has 0 radical (unpaired) electrons. The van der Waals surface area contributed by atoms with Gasteiger partial charge in [0.1, 0.15) is 0 Å². The number of amides is 1. The Hall–Kier alpha value is -1.42. The zero-order chi connectivity index (χ0) is 11.3. The molecule has 1 unspecified atom stereocenters. The fourth-order valence-corrected chi connectivity index (χ4v) is 1.43. The Morgan fingerprint density at radius 1 is 1.47 bits per heavy atom. The monoisotopic (exact) mass is 222 g/mol. The minimum atomic E-state index is -0.192. The van der Waals surface area contributed by atoms with Gasteiger partial charge in [-0.3, -0.25) is 4.79 Å². The van der Waals surface area contributed by atoms with Crippen LogP contribution in [0.25, 0.3) is 0 Å². The van der Waals surface area contributed by atoms with E-state index in [2.05, 4.69) is 5.32 Å². The largest absolute Gasteiger partial charge is 0.393 e. The summed E-state index contributed by atoms with van der Waals surface area (Å²) in [6.45, 7) is 1.80. The van der Waals surface area contributed by atoms with Gasteiger partial charge in [0.05, 0.1) is 4.99 Å². The van der Waals surface area contributed by atoms with Gasteiger partial charge in [0.2, 0.25) is 5.91 Å². The molecule has 0 aliphatic heterocycles. The summed E-state index contributed by atoms with van der Waals surface area (Å²) in [7, 11) is 0. The molecule has 3 nitrogen and oxygen atoms in total. The van der Waals surface area contributed by atoms with Crippen molar-refractivity contribution in [2.45, 2.75) is 13.3 Å². The van der Waals surface area contributed by atoms with Crippen molar-refractivity contribution in [3.8, 4) is 0 Å². The van der Waals surface area contributed by atoms with Crippen molar-refractivity contribution >= 4 is 28.8 Å². The number of para-hydroxylation sites is 1. The third-order valence-electron chi connectivity index (χ3n) is 2.00. The van der Waals surface area contributed by atoms with Crippen LogP contribution in [0, 0.1) is 5.92 Å². The molecular formula is C11H14N2OS. The van der Waals surface area contributed by atoms with Gasteiger partial charge in [-0.2, -0.15) is 0 Å². The molecule has 1 aromatic carbocycles. The zero-order valence-corrected chi connectivity index (χ0v) is 9.38. The fourth-order valence-electron chi connectivity index (χ4n) is 1.18. The highest BCUT2D eigenvalue weighted by molar-refractivity contribution is 7.80. The third kappa shape index (κ3) is 4.08. The van der Waals surface area contributed by atoms with Gasteiger partial charge in [0.25, 0.3) is 0 Å². The normalized spacial score (nSPS) is 11.8. The van der Waals surface area contributed by atoms with Crippen LogP contribution in [-0.4, -0.2) is 10.9 Å². The van der Waals surface area contributed by atoms with Crippen LogP contribution in [0.4, 0.5) is 5.69 Å². The standard InChI is InChI=1S/C11H14N2OS/c1-8(7-10(12)15)11(14)13-9-5-3-2-4-6-9/h2-6,8H,7H2,1H3,(H2,12,15)(H,13,14). The van der Waals surface area contributed by atoms with E-state index in [4.69, 9.17) is 18.0 Å². The lowest BCUT2D eigenvalue weighted by molar-refractivity contribution is -0.119. The number of hydrogen-bond acceptors (Lipinski definition) is 2. The Bertz CT molecular complexity index is 351. The van der Waals surface area contributed by atoms with Crippen molar-refractivity contribution < 1.29 is 4.79 Å². The number of nitrogens with one attached hydrogen (secondary N) is 1. The molecular weight excluding hydrogens is 208 g/mol. The maximum atomic E-state index is 11.6. The molecule has 0 heterocycles. The molecule has 15 heavy (non-hydrogen) atoms. The Morgan fingerprint density at radius 2 is 2.07 bits per heavy atom. The molecule has 80 valence electrons. The molecule has 0 aromatic heterocycles. The van der Waals surface area contributed by atoms with E-state index in [1.807, 2.05) is 30.3 Å². The number of anilines is 1. The first-order valence-electron chi connectivity index (χ1n) is 4.74. The molecule has 0 aliphatic carbocycles. The third-order valence-corrected chi connectivity index (χ3v) is 2.16. The van der Waals surface area contributed by atoms with E-state index in [1.54, 1.807) is 6.92 Å². The van der Waals surface area contributed by atoms with Gasteiger partial charge < -0.3 is 11.1 Å². The molecule has 3 N–H and O–H groups in total. The Balaban J connectivity index is 2.52. The van der Waals surface area contributed by atoms with Crippen LogP contribution >= 0.6 is 12.2 Å². The molecule has 4 heteroatoms. The summed E-state index contributed by atoms with van der Waals surface area (Å²) in [6.07, 6.45) is 0.438. The maximum absolute atomic E-state index is 11.6. The minimum Gasteiger partial charge on any atom is -0.393 e. The quantitative estimate of drug-likeness (QED) is 0.765. The fraction of sp³-hybridized carbons (Fsp3) is 0.273. The first-order valence-corrected chi connectivity index (χ1v) is 5.14. The molecule has 1 atom stereocenters. The number of rotatable bonds is 4. The van der Waals surface area contributed by atoms with Crippen molar-refractivity contribution in [2.24, 2.45) is 11.7 Å². The van der Waals surface area contributed by atoms with Crippen molar-refractivity contribution in [2.75, 3.05) is 5.32 Å². The number of thiocarbonyl (C=S) groups is 1. The van der Waals surface area contributed by atoms with Crippen molar-refractivity contribution in [1.29, 1.82) is 0 Å². The molecule has 0 saturated heterocycles. The summed E-state index contributed by atoms with van der Waals surface area (Å²) in [6, 6.07) is 9.31. The average molecular weight is 222 g/mol. The lowest BCUT2D eigenvalue weighted by Crippen LogP contribution is -2.24. The first-order chi connectivity index (χ1) is 7.09. The van der Waals surface area contributed by atoms with E-state index in [1.165, 1.54) is 0 Å². The van der Waals surface area contributed by atoms with Crippen molar-refractivity contribution in [3.63, 3.8) is 0 Å². The minimum absolute atomic E-state index is 0.0611. The van der Waals surface area contributed by atoms with Crippen LogP contribution in [-0.2, 0) is 4.79 Å². The van der Waals surface area contributed by atoms with Crippen LogP contribution in [0.15, 0.2) is 30.3 Å². The summed E-state index contributed by atoms with van der Waals surface area (Å²) in [4.78, 5) is 12.0. The van der Waals surface area contributed by atoms with E-state index >= 15 is 0 Å². The number of benzene rings is 1. The lowest BCUT2D eigenvalue weighted by atomic mass is 10.1. The number of nitrogens with two attached hydrogens (primary N) is 1. The zero-order valence-electron chi connectivity index (χ0n) is 8.57. The Kier molecular flexibility index (Phi) is 4.24. The van der Waals surface area contributed by atoms with E-state index in [0.717, 1.165) is 5.69 Å². The molecule has 0 fully saturated rings. The van der Waals surface area contributed by atoms with Gasteiger partial charge in [-0.15, -0.1) is 0 Å². The van der Waals surface area contributed by atoms with Crippen LogP contribution in [0.1, 0.15) is 13.3 Å². The summed E-state index contributed by atoms with van der Waals surface area (Å²) in [5.74, 6) is -0.253. The van der Waals surface area contributed by atoms with Crippen LogP contribution < -0.4 is 11.1 Å². The number of carbonyl (C=O) groups is 1. The summed E-state index contributed by atoms with van der Waals surface area (Å²) in [5, 5.41) is 2.79. The Morgan fingerprint density at radius 3 is 2.60 bits per heavy atom. The highest BCUT2D eigenvalue weighted by Gasteiger charge is 2.13. The van der Waals surface area contributed by atoms with E-state index in [-0.39, 0.29) is 11.8 Å². The second-order valence-electron chi connectivity index (χ2n) is 3.43. The predicted molar refractivity (Wildman–Crippen MR) is 65.6 cm³/mol. The summed E-state index contributed by atoms with van der Waals surface area (Å²) in [5.41, 5.74) is 6.17. The number of hydrogen-bond donors (Lipinski definition) is 2. The van der Waals surface area contributed by atoms with Crippen LogP contribution in [0.2, 0.25) is 0 Å². The molecule has 0 bridgehead atoms. The molecule has 1 amide bonds. The predicted octanol–water partition coefficient (Wildman–Crippen LogP) is 1.94.